The molecule has 0 aromatic rings. The van der Waals surface area contributed by atoms with E-state index >= 15 is 0 Å². The van der Waals surface area contributed by atoms with Crippen molar-refractivity contribution >= 4 is 0 Å². The number of ether oxygens (including phenoxy) is 1. The second kappa shape index (κ2) is 4.13. The molecule has 0 spiro atoms. The molecule has 43 valence electrons. The Labute approximate surface area is 45.7 Å². The summed E-state index contributed by atoms with van der Waals surface area (Å²) in [7, 11) is 1.75. The monoisotopic (exact) mass is 102 g/mol. The molecule has 1 atom stereocenters. The average Bonchev–Trinajstić information content (AvgIpc) is 1.68. The maximum absolute atomic E-state index is 4.99. The van der Waals surface area contributed by atoms with E-state index in [0.717, 1.165) is 0 Å². The van der Waals surface area contributed by atoms with Crippen molar-refractivity contribution in [2.24, 2.45) is 0 Å². The summed E-state index contributed by atoms with van der Waals surface area (Å²) in [6.07, 6.45) is 2.84. The van der Waals surface area contributed by atoms with Crippen LogP contribution in [-0.2, 0) is 4.74 Å². The van der Waals surface area contributed by atoms with Gasteiger partial charge in [0, 0.05) is 13.3 Å². The Balaban J connectivity index is 2.83. The molecule has 0 aliphatic rings. The first-order chi connectivity index (χ1) is 3.31. The fourth-order valence-electron chi connectivity index (χ4n) is 0.524. The Morgan fingerprint density at radius 2 is 2.14 bits per heavy atom. The summed E-state index contributed by atoms with van der Waals surface area (Å²) in [6.45, 7) is 4.25. The minimum atomic E-state index is 0.449. The lowest BCUT2D eigenvalue weighted by Gasteiger charge is -1.91. The van der Waals surface area contributed by atoms with Crippen molar-refractivity contribution in [2.45, 2.75) is 32.8 Å². The van der Waals surface area contributed by atoms with Gasteiger partial charge in [0.25, 0.3) is 0 Å². The molecule has 0 aromatic heterocycles. The third-order valence-electron chi connectivity index (χ3n) is 1.10. The molecule has 0 saturated carbocycles. The highest BCUT2D eigenvalue weighted by atomic mass is 16.5. The molecule has 0 aromatic carbocycles. The van der Waals surface area contributed by atoms with E-state index in [1.54, 1.807) is 7.11 Å². The lowest BCUT2D eigenvalue weighted by atomic mass is 10.2. The molecule has 0 bridgehead atoms. The highest BCUT2D eigenvalue weighted by Crippen LogP contribution is 1.96. The van der Waals surface area contributed by atoms with E-state index in [1.807, 2.05) is 0 Å². The first kappa shape index (κ1) is 6.96. The zero-order valence-corrected chi connectivity index (χ0v) is 5.40. The number of hydrogen-bond donors (Lipinski definition) is 0. The van der Waals surface area contributed by atoms with Crippen molar-refractivity contribution in [3.8, 4) is 0 Å². The average molecular weight is 102 g/mol. The summed E-state index contributed by atoms with van der Waals surface area (Å²) in [6, 6.07) is 0. The van der Waals surface area contributed by atoms with Crippen molar-refractivity contribution < 1.29 is 4.74 Å². The van der Waals surface area contributed by atoms with Gasteiger partial charge in [0.15, 0.2) is 0 Å². The maximum atomic E-state index is 4.99. The van der Waals surface area contributed by atoms with E-state index < -0.39 is 0 Å². The van der Waals surface area contributed by atoms with Crippen LogP contribution in [-0.4, -0.2) is 13.2 Å². The van der Waals surface area contributed by atoms with Crippen molar-refractivity contribution in [3.63, 3.8) is 0 Å². The van der Waals surface area contributed by atoms with Gasteiger partial charge in [0.05, 0.1) is 0 Å². The molecule has 0 aliphatic carbocycles. The molecule has 0 rings (SSSR count). The maximum Gasteiger partial charge on any atom is 0.225 e. The fourth-order valence-corrected chi connectivity index (χ4v) is 0.524. The van der Waals surface area contributed by atoms with Crippen molar-refractivity contribution in [1.29, 1.82) is 0 Å². The third-order valence-corrected chi connectivity index (χ3v) is 1.10. The Morgan fingerprint density at radius 3 is 2.29 bits per heavy atom. The van der Waals surface area contributed by atoms with E-state index in [1.165, 1.54) is 12.8 Å². The molecular weight excluding hydrogens is 88.1 g/mol. The molecule has 0 heterocycles. The van der Waals surface area contributed by atoms with Gasteiger partial charge in [0.1, 0.15) is 0 Å². The standard InChI is InChI=1S/C6H14O/c1-4-5-6(2)7-3/h6H,4-5H2,1-3H3/q+1. The van der Waals surface area contributed by atoms with Crippen molar-refractivity contribution in [2.75, 3.05) is 7.11 Å². The Bertz CT molecular complexity index is 35.2. The highest BCUT2D eigenvalue weighted by molar-refractivity contribution is 4.43. The van der Waals surface area contributed by atoms with Gasteiger partial charge in [-0.25, -0.2) is 0 Å². The van der Waals surface area contributed by atoms with E-state index in [4.69, 9.17) is 4.74 Å². The normalized spacial score (nSPS) is 14.1. The van der Waals surface area contributed by atoms with Gasteiger partial charge >= 0.3 is 0 Å². The summed E-state index contributed by atoms with van der Waals surface area (Å²) < 4.78 is 4.99. The van der Waals surface area contributed by atoms with Crippen LogP contribution in [0.25, 0.3) is 0 Å². The van der Waals surface area contributed by atoms with Crippen LogP contribution < -0.4 is 0 Å². The number of rotatable bonds is 3. The minimum Gasteiger partial charge on any atom is -0.144 e. The summed E-state index contributed by atoms with van der Waals surface area (Å²) in [5.41, 5.74) is 0. The first-order valence-electron chi connectivity index (χ1n) is 2.84. The van der Waals surface area contributed by atoms with Gasteiger partial charge < -0.3 is 0 Å². The third kappa shape index (κ3) is 3.80. The van der Waals surface area contributed by atoms with Crippen LogP contribution in [0.1, 0.15) is 26.7 Å². The molecule has 1 heteroatoms. The molecule has 0 amide bonds. The number of methoxy groups -OCH3 is 1. The van der Waals surface area contributed by atoms with Crippen LogP contribution in [0.4, 0.5) is 0 Å². The smallest absolute Gasteiger partial charge is 0.144 e. The van der Waals surface area contributed by atoms with E-state index in [-0.39, 0.29) is 0 Å². The van der Waals surface area contributed by atoms with Gasteiger partial charge in [-0.2, -0.15) is 0 Å². The molecule has 0 N–H and O–H groups in total. The van der Waals surface area contributed by atoms with E-state index in [0.29, 0.717) is 6.10 Å². The Morgan fingerprint density at radius 1 is 1.57 bits per heavy atom. The largest absolute Gasteiger partial charge is 0.225 e. The van der Waals surface area contributed by atoms with E-state index in [9.17, 15) is 0 Å². The topological polar surface area (TPSA) is 11.3 Å². The van der Waals surface area contributed by atoms with Crippen LogP contribution in [0, 0.1) is 0 Å². The summed E-state index contributed by atoms with van der Waals surface area (Å²) in [5, 5.41) is 0. The van der Waals surface area contributed by atoms with Gasteiger partial charge in [-0.15, -0.1) is 4.74 Å². The lowest BCUT2D eigenvalue weighted by Crippen LogP contribution is -2.02. The molecule has 0 fully saturated rings. The molecule has 0 saturated heterocycles. The highest BCUT2D eigenvalue weighted by Gasteiger charge is 2.05. The number of hydrogen-bond acceptors (Lipinski definition) is 1. The Kier molecular flexibility index (Phi) is 4.10. The zero-order chi connectivity index (χ0) is 5.70. The SMILES string of the molecule is CCCC(C)[O+]C. The summed E-state index contributed by atoms with van der Waals surface area (Å²) in [5.74, 6) is 0. The van der Waals surface area contributed by atoms with Gasteiger partial charge in [-0.3, -0.25) is 0 Å². The molecule has 1 unspecified atom stereocenters. The lowest BCUT2D eigenvalue weighted by molar-refractivity contribution is 0.110. The first-order valence-corrected chi connectivity index (χ1v) is 2.84. The van der Waals surface area contributed by atoms with Gasteiger partial charge in [-0.05, 0) is 6.42 Å². The van der Waals surface area contributed by atoms with Crippen molar-refractivity contribution in [1.82, 2.24) is 0 Å². The second-order valence-corrected chi connectivity index (χ2v) is 1.83. The quantitative estimate of drug-likeness (QED) is 0.495. The zero-order valence-electron chi connectivity index (χ0n) is 5.40. The summed E-state index contributed by atoms with van der Waals surface area (Å²) >= 11 is 0. The summed E-state index contributed by atoms with van der Waals surface area (Å²) in [4.78, 5) is 0. The molecule has 1 nitrogen and oxygen atoms in total. The molecule has 7 heavy (non-hydrogen) atoms. The Hall–Kier alpha value is -0.0400. The van der Waals surface area contributed by atoms with Crippen LogP contribution in [0.2, 0.25) is 0 Å². The fraction of sp³-hybridized carbons (Fsp3) is 1.00. The molecule has 1 radical (unpaired) electrons. The minimum absolute atomic E-state index is 0.449. The molecule has 0 aliphatic heterocycles. The molecular formula is C6H14O+. The van der Waals surface area contributed by atoms with Crippen LogP contribution in [0.5, 0.6) is 0 Å². The van der Waals surface area contributed by atoms with Crippen LogP contribution in [0.3, 0.4) is 0 Å². The van der Waals surface area contributed by atoms with E-state index in [2.05, 4.69) is 13.8 Å². The van der Waals surface area contributed by atoms with Crippen LogP contribution in [0.15, 0.2) is 0 Å². The second-order valence-electron chi connectivity index (χ2n) is 1.83. The van der Waals surface area contributed by atoms with Crippen LogP contribution >= 0.6 is 0 Å². The van der Waals surface area contributed by atoms with Gasteiger partial charge in [0.2, 0.25) is 13.2 Å². The van der Waals surface area contributed by atoms with Gasteiger partial charge in [-0.1, -0.05) is 6.92 Å². The van der Waals surface area contributed by atoms with Crippen molar-refractivity contribution in [3.05, 3.63) is 0 Å². The predicted octanol–water partition coefficient (Wildman–Crippen LogP) is 1.82. The predicted molar refractivity (Wildman–Crippen MR) is 31.4 cm³/mol.